The summed E-state index contributed by atoms with van der Waals surface area (Å²) in [7, 11) is 1.44. The second kappa shape index (κ2) is 3.57. The van der Waals surface area contributed by atoms with E-state index >= 15 is 0 Å². The van der Waals surface area contributed by atoms with Crippen LogP contribution in [0.25, 0.3) is 0 Å². The van der Waals surface area contributed by atoms with Gasteiger partial charge in [0.15, 0.2) is 0 Å². The maximum atomic E-state index is 11.9. The van der Waals surface area contributed by atoms with Gasteiger partial charge < -0.3 is 5.11 Å². The highest BCUT2D eigenvalue weighted by Crippen LogP contribution is 2.44. The molecular weight excluding hydrogens is 210 g/mol. The molecule has 2 rings (SSSR count). The Bertz CT molecular complexity index is 365. The third kappa shape index (κ3) is 1.34. The van der Waals surface area contributed by atoms with Crippen molar-refractivity contribution >= 4 is 17.8 Å². The Kier molecular flexibility index (Phi) is 2.48. The Morgan fingerprint density at radius 2 is 1.94 bits per heavy atom. The van der Waals surface area contributed by atoms with Crippen molar-refractivity contribution in [3.05, 3.63) is 0 Å². The normalized spacial score (nSPS) is 38.8. The van der Waals surface area contributed by atoms with E-state index in [9.17, 15) is 14.4 Å². The predicted octanol–water partition coefficient (Wildman–Crippen LogP) is 0.348. The number of fused-ring (bicyclic) bond motifs is 1. The van der Waals surface area contributed by atoms with Crippen LogP contribution in [0.15, 0.2) is 0 Å². The van der Waals surface area contributed by atoms with Crippen molar-refractivity contribution in [1.29, 1.82) is 0 Å². The van der Waals surface area contributed by atoms with E-state index in [1.807, 2.05) is 6.92 Å². The van der Waals surface area contributed by atoms with Crippen molar-refractivity contribution in [2.45, 2.75) is 19.8 Å². The van der Waals surface area contributed by atoms with E-state index in [-0.39, 0.29) is 17.7 Å². The van der Waals surface area contributed by atoms with E-state index in [0.717, 1.165) is 4.90 Å². The molecule has 16 heavy (non-hydrogen) atoms. The van der Waals surface area contributed by atoms with Crippen LogP contribution in [-0.4, -0.2) is 34.8 Å². The number of carboxylic acid groups (broad SMARTS) is 1. The Balaban J connectivity index is 2.37. The summed E-state index contributed by atoms with van der Waals surface area (Å²) in [5, 5.41) is 9.16. The number of nitrogens with zero attached hydrogens (tertiary/aromatic N) is 1. The summed E-state index contributed by atoms with van der Waals surface area (Å²) in [6, 6.07) is 0. The highest BCUT2D eigenvalue weighted by molar-refractivity contribution is 6.06. The summed E-state index contributed by atoms with van der Waals surface area (Å²) in [5.74, 6) is -3.29. The lowest BCUT2D eigenvalue weighted by Gasteiger charge is -2.32. The summed E-state index contributed by atoms with van der Waals surface area (Å²) in [4.78, 5) is 35.9. The van der Waals surface area contributed by atoms with Crippen LogP contribution >= 0.6 is 0 Å². The van der Waals surface area contributed by atoms with E-state index in [0.29, 0.717) is 12.8 Å². The van der Waals surface area contributed by atoms with E-state index < -0.39 is 23.7 Å². The van der Waals surface area contributed by atoms with Gasteiger partial charge in [-0.25, -0.2) is 0 Å². The second-order valence-electron chi connectivity index (χ2n) is 4.79. The number of carbonyl (C=O) groups excluding carboxylic acids is 2. The van der Waals surface area contributed by atoms with Crippen LogP contribution < -0.4 is 0 Å². The molecule has 1 aliphatic heterocycles. The molecular formula is C11H15NO4. The molecule has 2 aliphatic rings. The van der Waals surface area contributed by atoms with Gasteiger partial charge in [0.25, 0.3) is 0 Å². The predicted molar refractivity (Wildman–Crippen MR) is 54.3 cm³/mol. The standard InChI is InChI=1S/C11H15NO4/c1-5-3-4-6-8(7(5)11(15)16)10(14)12(2)9(6)13/h5-8H,3-4H2,1-2H3,(H,15,16)/t5-,6-,7-,8+/m1/s1. The van der Waals surface area contributed by atoms with Gasteiger partial charge in [-0.3, -0.25) is 19.3 Å². The molecule has 88 valence electrons. The quantitative estimate of drug-likeness (QED) is 0.653. The number of hydrogen-bond donors (Lipinski definition) is 1. The van der Waals surface area contributed by atoms with Gasteiger partial charge in [-0.15, -0.1) is 0 Å². The first-order valence-electron chi connectivity index (χ1n) is 5.49. The van der Waals surface area contributed by atoms with Crippen LogP contribution in [0.2, 0.25) is 0 Å². The largest absolute Gasteiger partial charge is 0.481 e. The lowest BCUT2D eigenvalue weighted by Crippen LogP contribution is -2.40. The number of carboxylic acids is 1. The van der Waals surface area contributed by atoms with Crippen molar-refractivity contribution < 1.29 is 19.5 Å². The monoisotopic (exact) mass is 225 g/mol. The minimum Gasteiger partial charge on any atom is -0.481 e. The second-order valence-corrected chi connectivity index (χ2v) is 4.79. The molecule has 2 fully saturated rings. The summed E-state index contributed by atoms with van der Waals surface area (Å²) >= 11 is 0. The fourth-order valence-electron chi connectivity index (χ4n) is 2.99. The molecule has 5 heteroatoms. The molecule has 0 bridgehead atoms. The van der Waals surface area contributed by atoms with E-state index in [2.05, 4.69) is 0 Å². The van der Waals surface area contributed by atoms with Crippen molar-refractivity contribution in [3.8, 4) is 0 Å². The Labute approximate surface area is 93.4 Å². The van der Waals surface area contributed by atoms with Gasteiger partial charge in [0.05, 0.1) is 17.8 Å². The zero-order valence-electron chi connectivity index (χ0n) is 9.34. The lowest BCUT2D eigenvalue weighted by molar-refractivity contribution is -0.152. The van der Waals surface area contributed by atoms with Gasteiger partial charge in [-0.2, -0.15) is 0 Å². The average molecular weight is 225 g/mol. The molecule has 1 aliphatic carbocycles. The SMILES string of the molecule is C[C@@H]1CC[C@H]2C(=O)N(C)C(=O)[C@@H]2[C@@H]1C(=O)O. The molecule has 0 aromatic rings. The van der Waals surface area contributed by atoms with Gasteiger partial charge >= 0.3 is 5.97 Å². The Hall–Kier alpha value is -1.39. The molecule has 1 N–H and O–H groups in total. The van der Waals surface area contributed by atoms with Gasteiger partial charge in [0, 0.05) is 7.05 Å². The highest BCUT2D eigenvalue weighted by atomic mass is 16.4. The zero-order valence-corrected chi connectivity index (χ0v) is 9.34. The van der Waals surface area contributed by atoms with Crippen LogP contribution in [0.5, 0.6) is 0 Å². The molecule has 4 atom stereocenters. The fourth-order valence-corrected chi connectivity index (χ4v) is 2.99. The molecule has 0 unspecified atom stereocenters. The summed E-state index contributed by atoms with van der Waals surface area (Å²) < 4.78 is 0. The maximum Gasteiger partial charge on any atom is 0.307 e. The maximum absolute atomic E-state index is 11.9. The highest BCUT2D eigenvalue weighted by Gasteiger charge is 2.55. The number of carbonyl (C=O) groups is 3. The van der Waals surface area contributed by atoms with Crippen LogP contribution in [0, 0.1) is 23.7 Å². The summed E-state index contributed by atoms with van der Waals surface area (Å²) in [6.07, 6.45) is 1.33. The molecule has 1 saturated carbocycles. The first-order valence-corrected chi connectivity index (χ1v) is 5.49. The molecule has 0 spiro atoms. The first-order chi connectivity index (χ1) is 7.45. The minimum absolute atomic E-state index is 0.0398. The Morgan fingerprint density at radius 1 is 1.31 bits per heavy atom. The van der Waals surface area contributed by atoms with Crippen molar-refractivity contribution in [2.24, 2.45) is 23.7 Å². The summed E-state index contributed by atoms with van der Waals surface area (Å²) in [6.45, 7) is 1.84. The number of likely N-dealkylation sites (tertiary alicyclic amines) is 1. The number of amides is 2. The van der Waals surface area contributed by atoms with Gasteiger partial charge in [0.2, 0.25) is 11.8 Å². The summed E-state index contributed by atoms with van der Waals surface area (Å²) in [5.41, 5.74) is 0. The molecule has 1 saturated heterocycles. The molecule has 2 amide bonds. The molecule has 5 nitrogen and oxygen atoms in total. The van der Waals surface area contributed by atoms with Gasteiger partial charge in [-0.05, 0) is 18.8 Å². The molecule has 0 radical (unpaired) electrons. The third-order valence-electron chi connectivity index (χ3n) is 3.92. The third-order valence-corrected chi connectivity index (χ3v) is 3.92. The zero-order chi connectivity index (χ0) is 12.0. The average Bonchev–Trinajstić information content (AvgIpc) is 2.43. The van der Waals surface area contributed by atoms with Crippen LogP contribution in [0.3, 0.4) is 0 Å². The first kappa shape index (κ1) is 11.1. The van der Waals surface area contributed by atoms with Gasteiger partial charge in [-0.1, -0.05) is 6.92 Å². The van der Waals surface area contributed by atoms with Crippen molar-refractivity contribution in [1.82, 2.24) is 4.90 Å². The topological polar surface area (TPSA) is 74.7 Å². The lowest BCUT2D eigenvalue weighted by atomic mass is 9.68. The van der Waals surface area contributed by atoms with Crippen LogP contribution in [0.4, 0.5) is 0 Å². The minimum atomic E-state index is -0.960. The fraction of sp³-hybridized carbons (Fsp3) is 0.727. The number of imide groups is 1. The van der Waals surface area contributed by atoms with Crippen LogP contribution in [0.1, 0.15) is 19.8 Å². The van der Waals surface area contributed by atoms with Crippen molar-refractivity contribution in [2.75, 3.05) is 7.05 Å². The number of rotatable bonds is 1. The number of hydrogen-bond acceptors (Lipinski definition) is 3. The van der Waals surface area contributed by atoms with Crippen molar-refractivity contribution in [3.63, 3.8) is 0 Å². The Morgan fingerprint density at radius 3 is 2.50 bits per heavy atom. The molecule has 0 aromatic carbocycles. The van der Waals surface area contributed by atoms with Gasteiger partial charge in [0.1, 0.15) is 0 Å². The smallest absolute Gasteiger partial charge is 0.307 e. The van der Waals surface area contributed by atoms with E-state index in [4.69, 9.17) is 5.11 Å². The van der Waals surface area contributed by atoms with Crippen LogP contribution in [-0.2, 0) is 14.4 Å². The van der Waals surface area contributed by atoms with E-state index in [1.54, 1.807) is 0 Å². The van der Waals surface area contributed by atoms with E-state index in [1.165, 1.54) is 7.05 Å². The number of aliphatic carboxylic acids is 1. The molecule has 1 heterocycles. The molecule has 0 aromatic heterocycles.